The molecule has 3 N–H and O–H groups in total. The predicted molar refractivity (Wildman–Crippen MR) is 87.3 cm³/mol. The van der Waals surface area contributed by atoms with E-state index < -0.39 is 6.23 Å². The molecule has 118 valence electrons. The molecular weight excluding hydrogens is 300 g/mol. The molecule has 3 rings (SSSR count). The zero-order valence-corrected chi connectivity index (χ0v) is 13.4. The summed E-state index contributed by atoms with van der Waals surface area (Å²) in [5.41, 5.74) is 6.61. The van der Waals surface area contributed by atoms with E-state index in [-0.39, 0.29) is 0 Å². The summed E-state index contributed by atoms with van der Waals surface area (Å²) in [5, 5.41) is 20.5. The van der Waals surface area contributed by atoms with Crippen molar-refractivity contribution in [1.29, 1.82) is 0 Å². The van der Waals surface area contributed by atoms with Gasteiger partial charge in [-0.1, -0.05) is 30.2 Å². The van der Waals surface area contributed by atoms with Crippen LogP contribution in [-0.2, 0) is 0 Å². The molecular formula is C16H21ClN4O. The quantitative estimate of drug-likeness (QED) is 0.758. The first-order valence-electron chi connectivity index (χ1n) is 7.65. The van der Waals surface area contributed by atoms with Crippen molar-refractivity contribution < 1.29 is 5.11 Å². The summed E-state index contributed by atoms with van der Waals surface area (Å²) in [5.74, 6) is 0. The fourth-order valence-electron chi connectivity index (χ4n) is 2.83. The van der Waals surface area contributed by atoms with Crippen LogP contribution in [0.3, 0.4) is 0 Å². The van der Waals surface area contributed by atoms with E-state index in [2.05, 4.69) is 20.6 Å². The smallest absolute Gasteiger partial charge is 0.160 e. The molecule has 1 saturated heterocycles. The molecule has 1 aromatic heterocycles. The molecule has 5 nitrogen and oxygen atoms in total. The van der Waals surface area contributed by atoms with Crippen LogP contribution in [0.1, 0.15) is 36.7 Å². The number of aliphatic hydroxyl groups is 1. The van der Waals surface area contributed by atoms with Crippen LogP contribution in [0.2, 0.25) is 5.02 Å². The predicted octanol–water partition coefficient (Wildman–Crippen LogP) is 3.02. The Morgan fingerprint density at radius 3 is 2.59 bits per heavy atom. The number of aromatic amines is 1. The van der Waals surface area contributed by atoms with Gasteiger partial charge < -0.3 is 5.11 Å². The first-order chi connectivity index (χ1) is 10.6. The second-order valence-electron chi connectivity index (χ2n) is 5.70. The summed E-state index contributed by atoms with van der Waals surface area (Å²) in [4.78, 5) is 0. The monoisotopic (exact) mass is 320 g/mol. The number of halogens is 1. The normalized spacial score (nSPS) is 17.6. The van der Waals surface area contributed by atoms with Gasteiger partial charge in [-0.3, -0.25) is 5.10 Å². The molecule has 0 spiro atoms. The van der Waals surface area contributed by atoms with Crippen molar-refractivity contribution >= 4 is 11.6 Å². The summed E-state index contributed by atoms with van der Waals surface area (Å²) in [7, 11) is 0. The standard InChI is InChI=1S/C16H21ClN4O/c1-11-14(12-5-7-13(17)8-6-12)18-19-15(11)16(22)20-21-9-3-2-4-10-21/h5-8,16,20,22H,2-4,9-10H2,1H3,(H,18,19). The zero-order valence-electron chi connectivity index (χ0n) is 12.6. The number of nitrogens with zero attached hydrogens (tertiary/aromatic N) is 2. The number of piperidine rings is 1. The van der Waals surface area contributed by atoms with E-state index in [1.54, 1.807) is 0 Å². The third-order valence-electron chi connectivity index (χ3n) is 4.10. The number of aliphatic hydroxyl groups excluding tert-OH is 1. The lowest BCUT2D eigenvalue weighted by atomic mass is 10.1. The van der Waals surface area contributed by atoms with Crippen molar-refractivity contribution in [3.8, 4) is 11.3 Å². The summed E-state index contributed by atoms with van der Waals surface area (Å²) < 4.78 is 0. The van der Waals surface area contributed by atoms with E-state index in [0.29, 0.717) is 10.7 Å². The van der Waals surface area contributed by atoms with Crippen LogP contribution in [0.15, 0.2) is 24.3 Å². The number of hydrazine groups is 1. The number of nitrogens with one attached hydrogen (secondary N) is 2. The highest BCUT2D eigenvalue weighted by Crippen LogP contribution is 2.27. The van der Waals surface area contributed by atoms with Gasteiger partial charge in [-0.25, -0.2) is 10.4 Å². The van der Waals surface area contributed by atoms with Crippen molar-refractivity contribution in [1.82, 2.24) is 20.6 Å². The van der Waals surface area contributed by atoms with Crippen molar-refractivity contribution in [2.24, 2.45) is 0 Å². The Bertz CT molecular complexity index is 620. The zero-order chi connectivity index (χ0) is 15.5. The highest BCUT2D eigenvalue weighted by molar-refractivity contribution is 6.30. The highest BCUT2D eigenvalue weighted by Gasteiger charge is 2.20. The van der Waals surface area contributed by atoms with Crippen LogP contribution < -0.4 is 5.43 Å². The molecule has 22 heavy (non-hydrogen) atoms. The fourth-order valence-corrected chi connectivity index (χ4v) is 2.95. The van der Waals surface area contributed by atoms with E-state index in [0.717, 1.165) is 42.8 Å². The number of H-pyrrole nitrogens is 1. The number of benzene rings is 1. The van der Waals surface area contributed by atoms with E-state index in [4.69, 9.17) is 11.6 Å². The van der Waals surface area contributed by atoms with Crippen LogP contribution in [0, 0.1) is 6.92 Å². The van der Waals surface area contributed by atoms with Crippen LogP contribution in [0.5, 0.6) is 0 Å². The van der Waals surface area contributed by atoms with Gasteiger partial charge in [-0.05, 0) is 31.9 Å². The minimum Gasteiger partial charge on any atom is -0.371 e. The topological polar surface area (TPSA) is 64.2 Å². The Balaban J connectivity index is 1.75. The van der Waals surface area contributed by atoms with Crippen LogP contribution >= 0.6 is 11.6 Å². The second-order valence-corrected chi connectivity index (χ2v) is 6.13. The lowest BCUT2D eigenvalue weighted by Crippen LogP contribution is -2.43. The van der Waals surface area contributed by atoms with Gasteiger partial charge in [-0.15, -0.1) is 0 Å². The summed E-state index contributed by atoms with van der Waals surface area (Å²) in [6.45, 7) is 3.90. The Labute approximate surface area is 135 Å². The Hall–Kier alpha value is -1.40. The molecule has 0 saturated carbocycles. The molecule has 6 heteroatoms. The van der Waals surface area contributed by atoms with Gasteiger partial charge in [0.1, 0.15) is 0 Å². The minimum absolute atomic E-state index is 0.698. The molecule has 1 fully saturated rings. The molecule has 1 aliphatic rings. The lowest BCUT2D eigenvalue weighted by molar-refractivity contribution is 0.0202. The lowest BCUT2D eigenvalue weighted by Gasteiger charge is -2.29. The summed E-state index contributed by atoms with van der Waals surface area (Å²) >= 11 is 5.92. The molecule has 2 aromatic rings. The molecule has 1 unspecified atom stereocenters. The molecule has 1 aliphatic heterocycles. The van der Waals surface area contributed by atoms with Gasteiger partial charge >= 0.3 is 0 Å². The van der Waals surface area contributed by atoms with E-state index >= 15 is 0 Å². The van der Waals surface area contributed by atoms with Gasteiger partial charge in [0.15, 0.2) is 6.23 Å². The maximum Gasteiger partial charge on any atom is 0.160 e. The van der Waals surface area contributed by atoms with Crippen molar-refractivity contribution in [3.05, 3.63) is 40.5 Å². The largest absolute Gasteiger partial charge is 0.371 e. The Morgan fingerprint density at radius 1 is 1.23 bits per heavy atom. The molecule has 1 atom stereocenters. The molecule has 0 aliphatic carbocycles. The second kappa shape index (κ2) is 6.79. The van der Waals surface area contributed by atoms with Gasteiger partial charge in [0, 0.05) is 29.2 Å². The van der Waals surface area contributed by atoms with Gasteiger partial charge in [0.05, 0.1) is 11.4 Å². The fraction of sp³-hybridized carbons (Fsp3) is 0.438. The van der Waals surface area contributed by atoms with Crippen molar-refractivity contribution in [2.75, 3.05) is 13.1 Å². The van der Waals surface area contributed by atoms with Gasteiger partial charge in [0.2, 0.25) is 0 Å². The van der Waals surface area contributed by atoms with Crippen molar-refractivity contribution in [2.45, 2.75) is 32.4 Å². The first-order valence-corrected chi connectivity index (χ1v) is 8.03. The Morgan fingerprint density at radius 2 is 1.91 bits per heavy atom. The van der Waals surface area contributed by atoms with Crippen LogP contribution in [-0.4, -0.2) is 33.4 Å². The molecule has 0 radical (unpaired) electrons. The summed E-state index contributed by atoms with van der Waals surface area (Å²) in [6.07, 6.45) is 2.82. The van der Waals surface area contributed by atoms with E-state index in [1.165, 1.54) is 6.42 Å². The number of aromatic nitrogens is 2. The van der Waals surface area contributed by atoms with E-state index in [9.17, 15) is 5.11 Å². The van der Waals surface area contributed by atoms with Gasteiger partial charge in [0.25, 0.3) is 0 Å². The van der Waals surface area contributed by atoms with E-state index in [1.807, 2.05) is 31.2 Å². The number of rotatable bonds is 4. The third kappa shape index (κ3) is 3.33. The molecule has 0 bridgehead atoms. The highest BCUT2D eigenvalue weighted by atomic mass is 35.5. The van der Waals surface area contributed by atoms with Crippen LogP contribution in [0.4, 0.5) is 0 Å². The number of hydrogen-bond donors (Lipinski definition) is 3. The van der Waals surface area contributed by atoms with Gasteiger partial charge in [-0.2, -0.15) is 5.10 Å². The molecule has 0 amide bonds. The van der Waals surface area contributed by atoms with Crippen LogP contribution in [0.25, 0.3) is 11.3 Å². The minimum atomic E-state index is -0.772. The first kappa shape index (κ1) is 15.5. The SMILES string of the molecule is Cc1c(-c2ccc(Cl)cc2)n[nH]c1C(O)NN1CCCCC1. The summed E-state index contributed by atoms with van der Waals surface area (Å²) in [6, 6.07) is 7.54. The maximum atomic E-state index is 10.4. The average molecular weight is 321 g/mol. The average Bonchev–Trinajstić information content (AvgIpc) is 2.91. The third-order valence-corrected chi connectivity index (χ3v) is 4.35. The maximum absolute atomic E-state index is 10.4. The molecule has 2 heterocycles. The molecule has 1 aromatic carbocycles. The van der Waals surface area contributed by atoms with Crippen molar-refractivity contribution in [3.63, 3.8) is 0 Å². The Kier molecular flexibility index (Phi) is 4.78. The number of hydrogen-bond acceptors (Lipinski definition) is 4.